The molecule has 0 radical (unpaired) electrons. The van der Waals surface area contributed by atoms with Gasteiger partial charge in [-0.05, 0) is 25.7 Å². The number of rotatable bonds is 2. The molecule has 0 spiro atoms. The van der Waals surface area contributed by atoms with Crippen LogP contribution < -0.4 is 5.73 Å². The van der Waals surface area contributed by atoms with Crippen LogP contribution in [0.2, 0.25) is 0 Å². The Morgan fingerprint density at radius 3 is 2.67 bits per heavy atom. The Bertz CT molecular complexity index is 362. The second kappa shape index (κ2) is 5.07. The molecular weight excluding hydrogens is 258 g/mol. The van der Waals surface area contributed by atoms with E-state index in [4.69, 9.17) is 18.0 Å². The van der Waals surface area contributed by atoms with E-state index < -0.39 is 11.8 Å². The first-order chi connectivity index (χ1) is 8.41. The number of halogens is 2. The summed E-state index contributed by atoms with van der Waals surface area (Å²) in [6, 6.07) is -0.233. The highest BCUT2D eigenvalue weighted by Gasteiger charge is 2.42. The van der Waals surface area contributed by atoms with Gasteiger partial charge in [-0.15, -0.1) is 0 Å². The number of thiocarbonyl (C=S) groups is 1. The third-order valence-corrected chi connectivity index (χ3v) is 4.13. The van der Waals surface area contributed by atoms with E-state index in [1.165, 1.54) is 0 Å². The lowest BCUT2D eigenvalue weighted by molar-refractivity contribution is -0.142. The summed E-state index contributed by atoms with van der Waals surface area (Å²) in [6.07, 6.45) is 2.13. The first kappa shape index (κ1) is 13.6. The van der Waals surface area contributed by atoms with E-state index in [-0.39, 0.29) is 24.8 Å². The molecule has 0 aromatic rings. The number of alkyl halides is 2. The average Bonchev–Trinajstić information content (AvgIpc) is 2.75. The van der Waals surface area contributed by atoms with Gasteiger partial charge in [0.2, 0.25) is 11.8 Å². The zero-order chi connectivity index (χ0) is 13.3. The molecule has 0 aromatic carbocycles. The van der Waals surface area contributed by atoms with E-state index in [0.717, 1.165) is 12.8 Å². The quantitative estimate of drug-likeness (QED) is 0.786. The van der Waals surface area contributed by atoms with Crippen molar-refractivity contribution in [2.75, 3.05) is 6.54 Å². The van der Waals surface area contributed by atoms with Crippen LogP contribution in [-0.2, 0) is 4.79 Å². The van der Waals surface area contributed by atoms with Crippen molar-refractivity contribution in [3.8, 4) is 0 Å². The second-order valence-electron chi connectivity index (χ2n) is 5.24. The lowest BCUT2D eigenvalue weighted by atomic mass is 9.85. The molecule has 0 bridgehead atoms. The van der Waals surface area contributed by atoms with Gasteiger partial charge in [0.1, 0.15) is 0 Å². The van der Waals surface area contributed by atoms with Crippen molar-refractivity contribution in [1.29, 1.82) is 0 Å². The minimum atomic E-state index is -2.70. The molecule has 0 aromatic heterocycles. The summed E-state index contributed by atoms with van der Waals surface area (Å²) in [5.74, 6) is -3.45. The van der Waals surface area contributed by atoms with E-state index >= 15 is 0 Å². The SMILES string of the molecule is NC(=S)C1CCCN1C(=O)C1CCCC(F)(F)C1. The number of amides is 1. The average molecular weight is 276 g/mol. The Kier molecular flexibility index (Phi) is 3.84. The van der Waals surface area contributed by atoms with E-state index in [2.05, 4.69) is 0 Å². The predicted octanol–water partition coefficient (Wildman–Crippen LogP) is 2.09. The summed E-state index contributed by atoms with van der Waals surface area (Å²) in [6.45, 7) is 0.586. The van der Waals surface area contributed by atoms with Gasteiger partial charge < -0.3 is 10.6 Å². The molecule has 2 atom stereocenters. The van der Waals surface area contributed by atoms with Crippen LogP contribution in [0, 0.1) is 5.92 Å². The van der Waals surface area contributed by atoms with Crippen LogP contribution in [0.4, 0.5) is 8.78 Å². The molecular formula is C12H18F2N2OS. The van der Waals surface area contributed by atoms with Crippen LogP contribution in [0.1, 0.15) is 38.5 Å². The number of carbonyl (C=O) groups is 1. The lowest BCUT2D eigenvalue weighted by Crippen LogP contribution is -2.47. The minimum absolute atomic E-state index is 0.102. The van der Waals surface area contributed by atoms with Gasteiger partial charge in [0.25, 0.3) is 0 Å². The number of nitrogens with zero attached hydrogens (tertiary/aromatic N) is 1. The van der Waals surface area contributed by atoms with E-state index in [0.29, 0.717) is 24.4 Å². The fraction of sp³-hybridized carbons (Fsp3) is 0.833. The van der Waals surface area contributed by atoms with Gasteiger partial charge in [-0.3, -0.25) is 4.79 Å². The summed E-state index contributed by atoms with van der Waals surface area (Å²) in [7, 11) is 0. The van der Waals surface area contributed by atoms with Crippen molar-refractivity contribution in [1.82, 2.24) is 4.90 Å². The number of hydrogen-bond acceptors (Lipinski definition) is 2. The fourth-order valence-electron chi connectivity index (χ4n) is 2.94. The highest BCUT2D eigenvalue weighted by atomic mass is 32.1. The summed E-state index contributed by atoms with van der Waals surface area (Å²) in [5.41, 5.74) is 5.60. The lowest BCUT2D eigenvalue weighted by Gasteiger charge is -2.33. The van der Waals surface area contributed by atoms with Crippen LogP contribution in [0.5, 0.6) is 0 Å². The zero-order valence-corrected chi connectivity index (χ0v) is 11.0. The highest BCUT2D eigenvalue weighted by molar-refractivity contribution is 7.80. The summed E-state index contributed by atoms with van der Waals surface area (Å²) >= 11 is 4.93. The van der Waals surface area contributed by atoms with E-state index in [1.807, 2.05) is 0 Å². The number of nitrogens with two attached hydrogens (primary N) is 1. The predicted molar refractivity (Wildman–Crippen MR) is 68.4 cm³/mol. The molecule has 1 aliphatic carbocycles. The normalized spacial score (nSPS) is 31.3. The molecule has 1 saturated heterocycles. The zero-order valence-electron chi connectivity index (χ0n) is 10.2. The first-order valence-corrected chi connectivity index (χ1v) is 6.79. The molecule has 3 nitrogen and oxygen atoms in total. The van der Waals surface area contributed by atoms with Crippen LogP contribution in [0.15, 0.2) is 0 Å². The molecule has 102 valence electrons. The monoisotopic (exact) mass is 276 g/mol. The number of carbonyl (C=O) groups excluding carboxylic acids is 1. The maximum Gasteiger partial charge on any atom is 0.248 e. The number of hydrogen-bond donors (Lipinski definition) is 1. The molecule has 2 aliphatic rings. The third kappa shape index (κ3) is 2.79. The van der Waals surface area contributed by atoms with Crippen LogP contribution >= 0.6 is 12.2 Å². The molecule has 2 N–H and O–H groups in total. The minimum Gasteiger partial charge on any atom is -0.392 e. The Morgan fingerprint density at radius 2 is 2.06 bits per heavy atom. The Morgan fingerprint density at radius 1 is 1.33 bits per heavy atom. The standard InChI is InChI=1S/C12H18F2N2OS/c13-12(14)5-1-3-8(7-12)11(17)16-6-2-4-9(16)10(15)18/h8-9H,1-7H2,(H2,15,18). The van der Waals surface area contributed by atoms with Gasteiger partial charge in [-0.1, -0.05) is 12.2 Å². The van der Waals surface area contributed by atoms with Gasteiger partial charge in [0.15, 0.2) is 0 Å². The van der Waals surface area contributed by atoms with Crippen molar-refractivity contribution in [3.63, 3.8) is 0 Å². The van der Waals surface area contributed by atoms with Crippen molar-refractivity contribution < 1.29 is 13.6 Å². The topological polar surface area (TPSA) is 46.3 Å². The Labute approximate surface area is 111 Å². The largest absolute Gasteiger partial charge is 0.392 e. The van der Waals surface area contributed by atoms with Gasteiger partial charge in [-0.2, -0.15) is 0 Å². The van der Waals surface area contributed by atoms with Crippen molar-refractivity contribution in [3.05, 3.63) is 0 Å². The maximum atomic E-state index is 13.3. The third-order valence-electron chi connectivity index (χ3n) is 3.85. The molecule has 18 heavy (non-hydrogen) atoms. The van der Waals surface area contributed by atoms with Crippen LogP contribution in [-0.4, -0.2) is 34.3 Å². The summed E-state index contributed by atoms with van der Waals surface area (Å²) < 4.78 is 26.7. The van der Waals surface area contributed by atoms with Gasteiger partial charge >= 0.3 is 0 Å². The Hall–Kier alpha value is -0.780. The van der Waals surface area contributed by atoms with Crippen LogP contribution in [0.3, 0.4) is 0 Å². The second-order valence-corrected chi connectivity index (χ2v) is 5.71. The van der Waals surface area contributed by atoms with E-state index in [1.54, 1.807) is 4.90 Å². The Balaban J connectivity index is 2.04. The number of likely N-dealkylation sites (tertiary alicyclic amines) is 1. The van der Waals surface area contributed by atoms with Gasteiger partial charge in [0.05, 0.1) is 11.0 Å². The summed E-state index contributed by atoms with van der Waals surface area (Å²) in [4.78, 5) is 14.2. The molecule has 6 heteroatoms. The van der Waals surface area contributed by atoms with E-state index in [9.17, 15) is 13.6 Å². The van der Waals surface area contributed by atoms with Crippen molar-refractivity contribution >= 4 is 23.1 Å². The molecule has 1 amide bonds. The highest BCUT2D eigenvalue weighted by Crippen LogP contribution is 2.38. The van der Waals surface area contributed by atoms with Crippen LogP contribution in [0.25, 0.3) is 0 Å². The summed E-state index contributed by atoms with van der Waals surface area (Å²) in [5, 5.41) is 0. The van der Waals surface area contributed by atoms with Gasteiger partial charge in [0, 0.05) is 25.3 Å². The molecule has 2 rings (SSSR count). The molecule has 1 heterocycles. The fourth-order valence-corrected chi connectivity index (χ4v) is 3.19. The molecule has 1 aliphatic heterocycles. The maximum absolute atomic E-state index is 13.3. The van der Waals surface area contributed by atoms with Gasteiger partial charge in [-0.25, -0.2) is 8.78 Å². The molecule has 2 unspecified atom stereocenters. The first-order valence-electron chi connectivity index (χ1n) is 6.38. The smallest absolute Gasteiger partial charge is 0.248 e. The van der Waals surface area contributed by atoms with Crippen molar-refractivity contribution in [2.45, 2.75) is 50.5 Å². The van der Waals surface area contributed by atoms with Crippen molar-refractivity contribution in [2.24, 2.45) is 11.7 Å². The molecule has 2 fully saturated rings. The molecule has 1 saturated carbocycles.